The van der Waals surface area contributed by atoms with Crippen LogP contribution < -0.4 is 56.3 Å². The molecule has 0 aromatic carbocycles. The van der Waals surface area contributed by atoms with Gasteiger partial charge in [0.15, 0.2) is 0 Å². The van der Waals surface area contributed by atoms with Gasteiger partial charge in [-0.05, 0) is 0 Å². The SMILES string of the molecule is O=P([O-])(O)O.[AsH3].[K+]. The minimum atomic E-state index is -4.89. The third-order valence-corrected chi connectivity index (χ3v) is 0. The summed E-state index contributed by atoms with van der Waals surface area (Å²) in [6.45, 7) is 0. The molecule has 2 N–H and O–H groups in total. The molecule has 0 rings (SSSR count). The van der Waals surface area contributed by atoms with E-state index in [9.17, 15) is 0 Å². The summed E-state index contributed by atoms with van der Waals surface area (Å²) in [6, 6.07) is 0. The molecule has 0 amide bonds. The van der Waals surface area contributed by atoms with Gasteiger partial charge in [0.05, 0.1) is 0 Å². The van der Waals surface area contributed by atoms with E-state index in [4.69, 9.17) is 19.2 Å². The van der Waals surface area contributed by atoms with Gasteiger partial charge in [0.1, 0.15) is 0 Å². The van der Waals surface area contributed by atoms with E-state index in [2.05, 4.69) is 0 Å². The summed E-state index contributed by atoms with van der Waals surface area (Å²) >= 11 is 0. The summed E-state index contributed by atoms with van der Waals surface area (Å²) < 4.78 is 8.77. The van der Waals surface area contributed by atoms with Crippen molar-refractivity contribution in [3.8, 4) is 0 Å². The number of rotatable bonds is 0. The molecule has 0 saturated carbocycles. The van der Waals surface area contributed by atoms with Crippen LogP contribution in [-0.2, 0) is 4.57 Å². The minimum absolute atomic E-state index is 0. The monoisotopic (exact) mass is 214 g/mol. The summed E-state index contributed by atoms with van der Waals surface area (Å²) in [5, 5.41) is 0. The summed E-state index contributed by atoms with van der Waals surface area (Å²) in [6.07, 6.45) is 0. The van der Waals surface area contributed by atoms with Gasteiger partial charge in [-0.25, -0.2) is 0 Å². The Morgan fingerprint density at radius 2 is 1.43 bits per heavy atom. The maximum absolute atomic E-state index is 8.77. The van der Waals surface area contributed by atoms with Gasteiger partial charge in [0.2, 0.25) is 0 Å². The molecular formula is H5AsKO4P. The minimum Gasteiger partial charge on any atom is 1.00 e. The number of hydrogen-bond acceptors (Lipinski definition) is 2. The van der Waals surface area contributed by atoms with E-state index in [0.717, 1.165) is 0 Å². The molecule has 40 valence electrons. The molecule has 0 aliphatic carbocycles. The van der Waals surface area contributed by atoms with Crippen molar-refractivity contribution >= 4 is 25.8 Å². The van der Waals surface area contributed by atoms with Crippen molar-refractivity contribution in [1.82, 2.24) is 0 Å². The maximum atomic E-state index is 8.77. The fourth-order valence-electron chi connectivity index (χ4n) is 0. The summed E-state index contributed by atoms with van der Waals surface area (Å²) in [7, 11) is -4.89. The van der Waals surface area contributed by atoms with Crippen molar-refractivity contribution in [3.63, 3.8) is 0 Å². The van der Waals surface area contributed by atoms with Crippen LogP contribution in [0.4, 0.5) is 0 Å². The van der Waals surface area contributed by atoms with E-state index in [1.54, 1.807) is 0 Å². The topological polar surface area (TPSA) is 80.6 Å². The van der Waals surface area contributed by atoms with Gasteiger partial charge in [-0.15, -0.1) is 0 Å². The van der Waals surface area contributed by atoms with Crippen LogP contribution in [0.5, 0.6) is 0 Å². The van der Waals surface area contributed by atoms with Crippen molar-refractivity contribution in [2.24, 2.45) is 0 Å². The standard InChI is InChI=1S/AsH3.K.H3O4P/c;;1-5(2,3)4/h1H3;;(H3,1,2,3,4)/q;+1;/p-1. The Labute approximate surface area is 94.7 Å². The second kappa shape index (κ2) is 6.43. The summed E-state index contributed by atoms with van der Waals surface area (Å²) in [5.74, 6) is 0. The van der Waals surface area contributed by atoms with Crippen LogP contribution in [0, 0.1) is 0 Å². The van der Waals surface area contributed by atoms with Crippen LogP contribution in [0.2, 0.25) is 0 Å². The molecule has 0 fully saturated rings. The third-order valence-electron chi connectivity index (χ3n) is 0. The molecule has 4 nitrogen and oxygen atoms in total. The zero-order valence-corrected chi connectivity index (χ0v) is 10.8. The Morgan fingerprint density at radius 1 is 1.43 bits per heavy atom. The van der Waals surface area contributed by atoms with Gasteiger partial charge in [-0.2, -0.15) is 0 Å². The second-order valence-electron chi connectivity index (χ2n) is 0.491. The first-order chi connectivity index (χ1) is 2.00. The van der Waals surface area contributed by atoms with Gasteiger partial charge < -0.3 is 14.7 Å². The molecule has 0 saturated heterocycles. The Bertz CT molecular complexity index is 57.8. The van der Waals surface area contributed by atoms with Crippen LogP contribution in [0.25, 0.3) is 0 Å². The Balaban J connectivity index is -0.0000000800. The molecule has 0 heterocycles. The van der Waals surface area contributed by atoms with E-state index < -0.39 is 7.82 Å². The molecule has 0 aromatic rings. The molecule has 0 spiro atoms. The van der Waals surface area contributed by atoms with E-state index in [0.29, 0.717) is 0 Å². The summed E-state index contributed by atoms with van der Waals surface area (Å²) in [4.78, 5) is 22.9. The fraction of sp³-hybridized carbons (Fsp3) is 0. The predicted octanol–water partition coefficient (Wildman–Crippen LogP) is -5.74. The van der Waals surface area contributed by atoms with Gasteiger partial charge in [-0.1, -0.05) is 0 Å². The third kappa shape index (κ3) is 62.1. The first kappa shape index (κ1) is 16.1. The number of hydrogen-bond donors (Lipinski definition) is 2. The quantitative estimate of drug-likeness (QED) is 0.311. The first-order valence-corrected chi connectivity index (χ1v) is 2.30. The van der Waals surface area contributed by atoms with Gasteiger partial charge in [-0.3, -0.25) is 4.57 Å². The van der Waals surface area contributed by atoms with Crippen molar-refractivity contribution in [1.29, 1.82) is 0 Å². The molecule has 0 radical (unpaired) electrons. The van der Waals surface area contributed by atoms with E-state index in [1.807, 2.05) is 0 Å². The van der Waals surface area contributed by atoms with Gasteiger partial charge in [0, 0.05) is 0 Å². The summed E-state index contributed by atoms with van der Waals surface area (Å²) in [5.41, 5.74) is 0. The van der Waals surface area contributed by atoms with Crippen LogP contribution in [-0.4, -0.2) is 27.7 Å². The molecule has 0 aliphatic heterocycles. The average Bonchev–Trinajstić information content (AvgIpc) is 0.722. The Hall–Kier alpha value is 2.30. The zero-order valence-electron chi connectivity index (χ0n) is 3.87. The fourth-order valence-corrected chi connectivity index (χ4v) is 0. The zero-order chi connectivity index (χ0) is 4.50. The molecule has 1 atom stereocenters. The van der Waals surface area contributed by atoms with E-state index >= 15 is 0 Å². The molecule has 0 aromatic heterocycles. The second-order valence-corrected chi connectivity index (χ2v) is 1.47. The normalized spacial score (nSPS) is 8.43. The smallest absolute Gasteiger partial charge is 1.00 e. The van der Waals surface area contributed by atoms with Crippen molar-refractivity contribution < 1.29 is 70.6 Å². The van der Waals surface area contributed by atoms with Crippen LogP contribution in [0.15, 0.2) is 0 Å². The molecule has 7 heteroatoms. The largest absolute Gasteiger partial charge is 1.00 e. The Morgan fingerprint density at radius 3 is 1.43 bits per heavy atom. The van der Waals surface area contributed by atoms with Crippen molar-refractivity contribution in [2.75, 3.05) is 0 Å². The predicted molar refractivity (Wildman–Crippen MR) is 22.0 cm³/mol. The Kier molecular flexibility index (Phi) is 14.8. The molecule has 7 heavy (non-hydrogen) atoms. The van der Waals surface area contributed by atoms with Crippen LogP contribution >= 0.6 is 7.82 Å². The molecule has 0 bridgehead atoms. The average molecular weight is 214 g/mol. The van der Waals surface area contributed by atoms with E-state index in [1.165, 1.54) is 0 Å². The first-order valence-electron chi connectivity index (χ1n) is 0.765. The maximum Gasteiger partial charge on any atom is 1.00 e. The van der Waals surface area contributed by atoms with Gasteiger partial charge in [0.25, 0.3) is 7.82 Å². The number of phosphoric acid groups is 1. The van der Waals surface area contributed by atoms with Gasteiger partial charge >= 0.3 is 69.3 Å². The van der Waals surface area contributed by atoms with Crippen LogP contribution in [0.3, 0.4) is 0 Å². The van der Waals surface area contributed by atoms with Crippen molar-refractivity contribution in [2.45, 2.75) is 0 Å². The molecular weight excluding hydrogens is 209 g/mol. The van der Waals surface area contributed by atoms with E-state index in [-0.39, 0.29) is 69.3 Å². The molecule has 1 unspecified atom stereocenters. The molecule has 0 aliphatic rings. The van der Waals surface area contributed by atoms with Crippen molar-refractivity contribution in [3.05, 3.63) is 0 Å². The van der Waals surface area contributed by atoms with Crippen LogP contribution in [0.1, 0.15) is 0 Å².